The summed E-state index contributed by atoms with van der Waals surface area (Å²) in [5.41, 5.74) is 2.06. The van der Waals surface area contributed by atoms with E-state index in [1.165, 1.54) is 6.07 Å². The molecule has 0 aliphatic carbocycles. The van der Waals surface area contributed by atoms with Crippen LogP contribution in [0.1, 0.15) is 5.56 Å². The molecule has 0 unspecified atom stereocenters. The Morgan fingerprint density at radius 3 is 2.81 bits per heavy atom. The van der Waals surface area contributed by atoms with Gasteiger partial charge in [0.25, 0.3) is 5.69 Å². The summed E-state index contributed by atoms with van der Waals surface area (Å²) in [6.07, 6.45) is 1.92. The molecule has 3 aromatic rings. The van der Waals surface area contributed by atoms with Crippen LogP contribution in [0.3, 0.4) is 0 Å². The number of ether oxygens (including phenoxy) is 1. The minimum atomic E-state index is -0.475. The number of amides is 1. The van der Waals surface area contributed by atoms with Crippen molar-refractivity contribution >= 4 is 28.2 Å². The first kappa shape index (κ1) is 17.6. The van der Waals surface area contributed by atoms with Crippen LogP contribution in [0.2, 0.25) is 0 Å². The van der Waals surface area contributed by atoms with Gasteiger partial charge in [-0.3, -0.25) is 14.9 Å². The SMILES string of the molecule is COCCn1ccc2cc(NC(=O)Cc3ccccc3[N+](=O)[O-])ccc21. The van der Waals surface area contributed by atoms with E-state index in [4.69, 9.17) is 4.74 Å². The van der Waals surface area contributed by atoms with Gasteiger partial charge in [-0.2, -0.15) is 0 Å². The Morgan fingerprint density at radius 1 is 1.23 bits per heavy atom. The van der Waals surface area contributed by atoms with Crippen molar-refractivity contribution < 1.29 is 14.5 Å². The highest BCUT2D eigenvalue weighted by Gasteiger charge is 2.15. The topological polar surface area (TPSA) is 86.4 Å². The summed E-state index contributed by atoms with van der Waals surface area (Å²) in [5, 5.41) is 14.9. The molecule has 0 saturated heterocycles. The summed E-state index contributed by atoms with van der Waals surface area (Å²) in [6, 6.07) is 13.9. The number of hydrogen-bond acceptors (Lipinski definition) is 4. The molecule has 2 aromatic carbocycles. The van der Waals surface area contributed by atoms with Crippen molar-refractivity contribution in [2.24, 2.45) is 0 Å². The summed E-state index contributed by atoms with van der Waals surface area (Å²) < 4.78 is 7.18. The number of benzene rings is 2. The zero-order valence-corrected chi connectivity index (χ0v) is 14.3. The first-order valence-corrected chi connectivity index (χ1v) is 8.18. The maximum atomic E-state index is 12.3. The van der Waals surface area contributed by atoms with E-state index in [0.29, 0.717) is 17.9 Å². The van der Waals surface area contributed by atoms with E-state index in [2.05, 4.69) is 9.88 Å². The molecule has 0 fully saturated rings. The minimum absolute atomic E-state index is 0.0479. The second-order valence-corrected chi connectivity index (χ2v) is 5.89. The van der Waals surface area contributed by atoms with E-state index in [-0.39, 0.29) is 18.0 Å². The molecule has 1 amide bonds. The van der Waals surface area contributed by atoms with Crippen LogP contribution in [0.25, 0.3) is 10.9 Å². The highest BCUT2D eigenvalue weighted by molar-refractivity contribution is 5.95. The predicted octanol–water partition coefficient (Wildman–Crippen LogP) is 3.38. The van der Waals surface area contributed by atoms with Crippen molar-refractivity contribution in [3.05, 3.63) is 70.4 Å². The fraction of sp³-hybridized carbons (Fsp3) is 0.211. The largest absolute Gasteiger partial charge is 0.383 e. The maximum Gasteiger partial charge on any atom is 0.273 e. The summed E-state index contributed by atoms with van der Waals surface area (Å²) in [4.78, 5) is 22.9. The minimum Gasteiger partial charge on any atom is -0.383 e. The molecule has 1 N–H and O–H groups in total. The normalized spacial score (nSPS) is 10.8. The lowest BCUT2D eigenvalue weighted by molar-refractivity contribution is -0.385. The Labute approximate surface area is 150 Å². The van der Waals surface area contributed by atoms with Crippen LogP contribution in [0.4, 0.5) is 11.4 Å². The highest BCUT2D eigenvalue weighted by atomic mass is 16.6. The number of fused-ring (bicyclic) bond motifs is 1. The Morgan fingerprint density at radius 2 is 2.04 bits per heavy atom. The first-order chi connectivity index (χ1) is 12.6. The number of para-hydroxylation sites is 1. The zero-order chi connectivity index (χ0) is 18.5. The van der Waals surface area contributed by atoms with Crippen molar-refractivity contribution in [2.75, 3.05) is 19.0 Å². The highest BCUT2D eigenvalue weighted by Crippen LogP contribution is 2.22. The maximum absolute atomic E-state index is 12.3. The van der Waals surface area contributed by atoms with E-state index in [9.17, 15) is 14.9 Å². The number of hydrogen-bond donors (Lipinski definition) is 1. The number of nitro groups is 1. The number of nitro benzene ring substituents is 1. The van der Waals surface area contributed by atoms with Crippen LogP contribution in [-0.2, 0) is 22.5 Å². The fourth-order valence-electron chi connectivity index (χ4n) is 2.88. The summed E-state index contributed by atoms with van der Waals surface area (Å²) >= 11 is 0. The molecule has 0 bridgehead atoms. The Bertz CT molecular complexity index is 949. The van der Waals surface area contributed by atoms with Gasteiger partial charge in [-0.15, -0.1) is 0 Å². The number of carbonyl (C=O) groups excluding carboxylic acids is 1. The van der Waals surface area contributed by atoms with Gasteiger partial charge in [-0.05, 0) is 24.3 Å². The molecule has 0 aliphatic rings. The number of carbonyl (C=O) groups is 1. The summed E-state index contributed by atoms with van der Waals surface area (Å²) in [6.45, 7) is 1.38. The number of nitrogens with one attached hydrogen (secondary N) is 1. The molecule has 0 saturated carbocycles. The monoisotopic (exact) mass is 353 g/mol. The van der Waals surface area contributed by atoms with Gasteiger partial charge in [0.15, 0.2) is 0 Å². The van der Waals surface area contributed by atoms with Crippen molar-refractivity contribution in [3.8, 4) is 0 Å². The second kappa shape index (κ2) is 7.79. The molecule has 134 valence electrons. The molecule has 26 heavy (non-hydrogen) atoms. The molecule has 7 nitrogen and oxygen atoms in total. The van der Waals surface area contributed by atoms with Gasteiger partial charge in [0, 0.05) is 48.1 Å². The summed E-state index contributed by atoms with van der Waals surface area (Å²) in [7, 11) is 1.66. The Kier molecular flexibility index (Phi) is 5.28. The molecule has 0 radical (unpaired) electrons. The molecule has 1 heterocycles. The molecule has 0 aliphatic heterocycles. The van der Waals surface area contributed by atoms with Crippen LogP contribution in [-0.4, -0.2) is 29.1 Å². The van der Waals surface area contributed by atoms with Crippen LogP contribution in [0.5, 0.6) is 0 Å². The average molecular weight is 353 g/mol. The number of nitrogens with zero attached hydrogens (tertiary/aromatic N) is 2. The molecule has 7 heteroatoms. The second-order valence-electron chi connectivity index (χ2n) is 5.89. The lowest BCUT2D eigenvalue weighted by Gasteiger charge is -2.08. The molecular formula is C19H19N3O4. The van der Waals surface area contributed by atoms with E-state index in [1.807, 2.05) is 30.5 Å². The van der Waals surface area contributed by atoms with Crippen LogP contribution in [0, 0.1) is 10.1 Å². The Balaban J connectivity index is 1.73. The zero-order valence-electron chi connectivity index (χ0n) is 14.3. The fourth-order valence-corrected chi connectivity index (χ4v) is 2.88. The smallest absolute Gasteiger partial charge is 0.273 e. The molecular weight excluding hydrogens is 334 g/mol. The lowest BCUT2D eigenvalue weighted by atomic mass is 10.1. The van der Waals surface area contributed by atoms with Gasteiger partial charge in [0.05, 0.1) is 18.0 Å². The quantitative estimate of drug-likeness (QED) is 0.521. The van der Waals surface area contributed by atoms with Gasteiger partial charge in [-0.1, -0.05) is 18.2 Å². The van der Waals surface area contributed by atoms with Crippen LogP contribution >= 0.6 is 0 Å². The van der Waals surface area contributed by atoms with Gasteiger partial charge in [0.1, 0.15) is 0 Å². The molecule has 0 atom stereocenters. The van der Waals surface area contributed by atoms with E-state index < -0.39 is 4.92 Å². The Hall–Kier alpha value is -3.19. The van der Waals surface area contributed by atoms with E-state index in [0.717, 1.165) is 17.4 Å². The van der Waals surface area contributed by atoms with Crippen molar-refractivity contribution in [2.45, 2.75) is 13.0 Å². The van der Waals surface area contributed by atoms with Gasteiger partial charge in [0.2, 0.25) is 5.91 Å². The van der Waals surface area contributed by atoms with Crippen molar-refractivity contribution in [1.82, 2.24) is 4.57 Å². The van der Waals surface area contributed by atoms with Gasteiger partial charge in [-0.25, -0.2) is 0 Å². The standard InChI is InChI=1S/C19H19N3O4/c1-26-11-10-21-9-8-15-12-16(6-7-17(15)21)20-19(23)13-14-4-2-3-5-18(14)22(24)25/h2-9,12H,10-11,13H2,1H3,(H,20,23). The van der Waals surface area contributed by atoms with E-state index in [1.54, 1.807) is 25.3 Å². The first-order valence-electron chi connectivity index (χ1n) is 8.18. The van der Waals surface area contributed by atoms with Gasteiger partial charge < -0.3 is 14.6 Å². The van der Waals surface area contributed by atoms with Crippen molar-refractivity contribution in [1.29, 1.82) is 0 Å². The number of methoxy groups -OCH3 is 1. The van der Waals surface area contributed by atoms with Crippen LogP contribution in [0.15, 0.2) is 54.7 Å². The number of anilines is 1. The average Bonchev–Trinajstić information content (AvgIpc) is 3.02. The predicted molar refractivity (Wildman–Crippen MR) is 99.2 cm³/mol. The lowest BCUT2D eigenvalue weighted by Crippen LogP contribution is -2.15. The third-order valence-corrected chi connectivity index (χ3v) is 4.13. The number of rotatable bonds is 7. The van der Waals surface area contributed by atoms with Crippen LogP contribution < -0.4 is 5.32 Å². The molecule has 3 rings (SSSR count). The molecule has 1 aromatic heterocycles. The van der Waals surface area contributed by atoms with Crippen molar-refractivity contribution in [3.63, 3.8) is 0 Å². The van der Waals surface area contributed by atoms with E-state index >= 15 is 0 Å². The molecule has 0 spiro atoms. The summed E-state index contributed by atoms with van der Waals surface area (Å²) in [5.74, 6) is -0.294. The number of aromatic nitrogens is 1. The third kappa shape index (κ3) is 3.89. The van der Waals surface area contributed by atoms with Gasteiger partial charge >= 0.3 is 0 Å². The third-order valence-electron chi connectivity index (χ3n) is 4.13.